The molecule has 0 bridgehead atoms. The van der Waals surface area contributed by atoms with E-state index in [1.165, 1.54) is 12.1 Å². The molecule has 154 valence electrons. The Balaban J connectivity index is 1.71. The Kier molecular flexibility index (Phi) is 5.19. The van der Waals surface area contributed by atoms with Gasteiger partial charge < -0.3 is 15.2 Å². The van der Waals surface area contributed by atoms with Crippen LogP contribution in [0.25, 0.3) is 11.0 Å². The second-order valence-electron chi connectivity index (χ2n) is 6.23. The van der Waals surface area contributed by atoms with Gasteiger partial charge >= 0.3 is 5.97 Å². The average molecular weight is 422 g/mol. The molecule has 4 rings (SSSR count). The Morgan fingerprint density at radius 1 is 0.968 bits per heavy atom. The number of pyridine rings is 1. The van der Waals surface area contributed by atoms with E-state index in [0.29, 0.717) is 17.1 Å². The third-order valence-electron chi connectivity index (χ3n) is 4.09. The number of aromatic carboxylic acids is 1. The van der Waals surface area contributed by atoms with Gasteiger partial charge in [0.1, 0.15) is 11.5 Å². The number of halogens is 2. The zero-order valence-electron chi connectivity index (χ0n) is 15.5. The van der Waals surface area contributed by atoms with Crippen molar-refractivity contribution < 1.29 is 28.2 Å². The lowest BCUT2D eigenvalue weighted by Gasteiger charge is -2.12. The molecular formula is C21H12F2N4O4. The number of fused-ring (bicyclic) bond motifs is 1. The van der Waals surface area contributed by atoms with Crippen molar-refractivity contribution in [3.63, 3.8) is 0 Å². The lowest BCUT2D eigenvalue weighted by molar-refractivity contribution is 0.0690. The molecule has 0 spiro atoms. The van der Waals surface area contributed by atoms with E-state index in [1.54, 1.807) is 24.3 Å². The number of hydrogen-bond donors (Lipinski definition) is 2. The molecule has 0 atom stereocenters. The van der Waals surface area contributed by atoms with Crippen LogP contribution in [-0.4, -0.2) is 31.9 Å². The normalized spacial score (nSPS) is 10.6. The highest BCUT2D eigenvalue weighted by atomic mass is 19.1. The van der Waals surface area contributed by atoms with Crippen molar-refractivity contribution in [3.8, 4) is 11.6 Å². The summed E-state index contributed by atoms with van der Waals surface area (Å²) < 4.78 is 32.7. The van der Waals surface area contributed by atoms with Crippen LogP contribution in [0.15, 0.2) is 60.8 Å². The number of hydrogen-bond acceptors (Lipinski definition) is 6. The van der Waals surface area contributed by atoms with Gasteiger partial charge in [0.25, 0.3) is 11.8 Å². The van der Waals surface area contributed by atoms with Gasteiger partial charge in [-0.25, -0.2) is 28.5 Å². The van der Waals surface area contributed by atoms with Crippen LogP contribution in [0.5, 0.6) is 11.6 Å². The average Bonchev–Trinajstić information content (AvgIpc) is 2.75. The van der Waals surface area contributed by atoms with E-state index >= 15 is 0 Å². The van der Waals surface area contributed by atoms with E-state index < -0.39 is 23.5 Å². The maximum absolute atomic E-state index is 14.1. The summed E-state index contributed by atoms with van der Waals surface area (Å²) in [4.78, 5) is 35.9. The molecular weight excluding hydrogens is 410 g/mol. The Morgan fingerprint density at radius 3 is 2.35 bits per heavy atom. The van der Waals surface area contributed by atoms with Crippen LogP contribution in [0.3, 0.4) is 0 Å². The fraction of sp³-hybridized carbons (Fsp3) is 0. The van der Waals surface area contributed by atoms with Crippen molar-refractivity contribution in [3.05, 3.63) is 83.8 Å². The number of carbonyl (C=O) groups excluding carboxylic acids is 1. The molecule has 0 radical (unpaired) electrons. The van der Waals surface area contributed by atoms with Crippen LogP contribution < -0.4 is 10.1 Å². The van der Waals surface area contributed by atoms with Crippen molar-refractivity contribution in [2.45, 2.75) is 0 Å². The fourth-order valence-electron chi connectivity index (χ4n) is 2.65. The van der Waals surface area contributed by atoms with Gasteiger partial charge in [0, 0.05) is 6.07 Å². The maximum atomic E-state index is 14.1. The summed E-state index contributed by atoms with van der Waals surface area (Å²) in [6, 6.07) is 11.9. The number of amides is 1. The second-order valence-corrected chi connectivity index (χ2v) is 6.23. The van der Waals surface area contributed by atoms with Gasteiger partial charge in [0.05, 0.1) is 22.9 Å². The van der Waals surface area contributed by atoms with E-state index in [0.717, 1.165) is 18.3 Å². The van der Waals surface area contributed by atoms with Crippen molar-refractivity contribution in [2.75, 3.05) is 5.32 Å². The summed E-state index contributed by atoms with van der Waals surface area (Å²) in [6.07, 6.45) is 1.16. The molecule has 0 fully saturated rings. The molecule has 2 aromatic carbocycles. The van der Waals surface area contributed by atoms with E-state index in [1.807, 2.05) is 0 Å². The minimum Gasteiger partial charge on any atom is -0.477 e. The minimum absolute atomic E-state index is 0.195. The predicted octanol–water partition coefficient (Wildman–Crippen LogP) is 4.05. The molecule has 0 unspecified atom stereocenters. The topological polar surface area (TPSA) is 114 Å². The maximum Gasteiger partial charge on any atom is 0.354 e. The second kappa shape index (κ2) is 8.11. The number of carboxylic acid groups (broad SMARTS) is 1. The number of rotatable bonds is 5. The van der Waals surface area contributed by atoms with Crippen LogP contribution >= 0.6 is 0 Å². The van der Waals surface area contributed by atoms with Gasteiger partial charge in [-0.15, -0.1) is 0 Å². The van der Waals surface area contributed by atoms with E-state index in [2.05, 4.69) is 20.3 Å². The number of benzene rings is 2. The van der Waals surface area contributed by atoms with Gasteiger partial charge in [0.2, 0.25) is 0 Å². The lowest BCUT2D eigenvalue weighted by atomic mass is 10.2. The van der Waals surface area contributed by atoms with Crippen molar-refractivity contribution in [1.82, 2.24) is 15.0 Å². The van der Waals surface area contributed by atoms with Crippen molar-refractivity contribution in [1.29, 1.82) is 0 Å². The molecule has 31 heavy (non-hydrogen) atoms. The monoisotopic (exact) mass is 422 g/mol. The summed E-state index contributed by atoms with van der Waals surface area (Å²) in [5, 5.41) is 11.4. The number of ether oxygens (including phenoxy) is 1. The molecule has 2 aromatic heterocycles. The standard InChI is InChI=1S/C21H12F2N4O4/c22-11-5-8-17(13(23)9-11)31-20-18(26-14-3-1-2-4-15(14)27-20)19(28)25-12-6-7-16(21(29)30)24-10-12/h1-10H,(H,25,28)(H,29,30). The van der Waals surface area contributed by atoms with Crippen LogP contribution in [0.1, 0.15) is 21.0 Å². The summed E-state index contributed by atoms with van der Waals surface area (Å²) in [5.41, 5.74) is 0.524. The zero-order chi connectivity index (χ0) is 22.0. The molecule has 2 N–H and O–H groups in total. The quantitative estimate of drug-likeness (QED) is 0.499. The third-order valence-corrected chi connectivity index (χ3v) is 4.09. The number of carbonyl (C=O) groups is 2. The lowest BCUT2D eigenvalue weighted by Crippen LogP contribution is -2.16. The van der Waals surface area contributed by atoms with Crippen molar-refractivity contribution >= 4 is 28.6 Å². The number of nitrogens with one attached hydrogen (secondary N) is 1. The molecule has 0 aliphatic rings. The Hall–Kier alpha value is -4.47. The van der Waals surface area contributed by atoms with Gasteiger partial charge in [-0.2, -0.15) is 0 Å². The molecule has 2 heterocycles. The smallest absolute Gasteiger partial charge is 0.354 e. The molecule has 8 nitrogen and oxygen atoms in total. The Morgan fingerprint density at radius 2 is 1.71 bits per heavy atom. The SMILES string of the molecule is O=C(O)c1ccc(NC(=O)c2nc3ccccc3nc2Oc2ccc(F)cc2F)cn1. The molecule has 0 aliphatic carbocycles. The molecule has 0 saturated heterocycles. The van der Waals surface area contributed by atoms with Crippen LogP contribution in [0.4, 0.5) is 14.5 Å². The summed E-state index contributed by atoms with van der Waals surface area (Å²) in [6.45, 7) is 0. The number of carboxylic acids is 1. The molecule has 10 heteroatoms. The molecule has 4 aromatic rings. The van der Waals surface area contributed by atoms with Gasteiger partial charge in [-0.3, -0.25) is 4.79 Å². The van der Waals surface area contributed by atoms with Crippen LogP contribution in [0.2, 0.25) is 0 Å². The highest BCUT2D eigenvalue weighted by molar-refractivity contribution is 6.05. The predicted molar refractivity (Wildman–Crippen MR) is 105 cm³/mol. The molecule has 1 amide bonds. The number of anilines is 1. The van der Waals surface area contributed by atoms with Crippen LogP contribution in [0, 0.1) is 11.6 Å². The third kappa shape index (κ3) is 4.27. The van der Waals surface area contributed by atoms with E-state index in [9.17, 15) is 18.4 Å². The van der Waals surface area contributed by atoms with Crippen LogP contribution in [-0.2, 0) is 0 Å². The largest absolute Gasteiger partial charge is 0.477 e. The zero-order valence-corrected chi connectivity index (χ0v) is 15.5. The first-order valence-electron chi connectivity index (χ1n) is 8.81. The minimum atomic E-state index is -1.21. The Labute approximate surface area is 173 Å². The van der Waals surface area contributed by atoms with Gasteiger partial charge in [-0.1, -0.05) is 12.1 Å². The number of aromatic nitrogens is 3. The summed E-state index contributed by atoms with van der Waals surface area (Å²) in [7, 11) is 0. The first-order valence-corrected chi connectivity index (χ1v) is 8.81. The van der Waals surface area contributed by atoms with E-state index in [4.69, 9.17) is 9.84 Å². The number of para-hydroxylation sites is 2. The molecule has 0 saturated carbocycles. The van der Waals surface area contributed by atoms with Gasteiger partial charge in [0.15, 0.2) is 17.3 Å². The first kappa shape index (κ1) is 19.8. The first-order chi connectivity index (χ1) is 14.9. The Bertz CT molecular complexity index is 1310. The fourth-order valence-corrected chi connectivity index (χ4v) is 2.65. The molecule has 0 aliphatic heterocycles. The van der Waals surface area contributed by atoms with Gasteiger partial charge in [-0.05, 0) is 36.4 Å². The highest BCUT2D eigenvalue weighted by Gasteiger charge is 2.20. The number of nitrogens with zero attached hydrogens (tertiary/aromatic N) is 3. The van der Waals surface area contributed by atoms with Crippen molar-refractivity contribution in [2.24, 2.45) is 0 Å². The van der Waals surface area contributed by atoms with E-state index in [-0.39, 0.29) is 28.7 Å². The summed E-state index contributed by atoms with van der Waals surface area (Å²) in [5.74, 6) is -4.36. The summed E-state index contributed by atoms with van der Waals surface area (Å²) >= 11 is 0. The highest BCUT2D eigenvalue weighted by Crippen LogP contribution is 2.28.